The predicted molar refractivity (Wildman–Crippen MR) is 89.7 cm³/mol. The summed E-state index contributed by atoms with van der Waals surface area (Å²) < 4.78 is 0. The Balaban J connectivity index is 2.12. The smallest absolute Gasteiger partial charge is 0.323 e. The highest BCUT2D eigenvalue weighted by molar-refractivity contribution is 6.12. The minimum Gasteiger partial charge on any atom is -0.480 e. The van der Waals surface area contributed by atoms with Crippen molar-refractivity contribution in [2.45, 2.75) is 0 Å². The van der Waals surface area contributed by atoms with Gasteiger partial charge in [-0.15, -0.1) is 0 Å². The van der Waals surface area contributed by atoms with Crippen LogP contribution in [0.2, 0.25) is 0 Å². The summed E-state index contributed by atoms with van der Waals surface area (Å²) in [6.45, 7) is -0.387. The van der Waals surface area contributed by atoms with Gasteiger partial charge in [0.15, 0.2) is 0 Å². The number of anilines is 1. The molecule has 0 atom stereocenters. The van der Waals surface area contributed by atoms with Crippen LogP contribution in [0.1, 0.15) is 10.4 Å². The fourth-order valence-electron chi connectivity index (χ4n) is 2.58. The van der Waals surface area contributed by atoms with E-state index in [1.165, 1.54) is 4.90 Å². The Morgan fingerprint density at radius 2 is 1.48 bits per heavy atom. The molecule has 0 aliphatic heterocycles. The normalized spacial score (nSPS) is 10.4. The zero-order valence-electron chi connectivity index (χ0n) is 12.3. The summed E-state index contributed by atoms with van der Waals surface area (Å²) in [4.78, 5) is 25.4. The molecule has 0 bridgehead atoms. The van der Waals surface area contributed by atoms with E-state index in [1.54, 1.807) is 30.3 Å². The fourth-order valence-corrected chi connectivity index (χ4v) is 2.58. The predicted octanol–water partition coefficient (Wildman–Crippen LogP) is 3.57. The van der Waals surface area contributed by atoms with Crippen LogP contribution in [0, 0.1) is 0 Å². The maximum atomic E-state index is 12.8. The number of carboxylic acids is 1. The molecule has 0 aromatic heterocycles. The number of nitrogens with zero attached hydrogens (tertiary/aromatic N) is 1. The lowest BCUT2D eigenvalue weighted by Gasteiger charge is -2.22. The van der Waals surface area contributed by atoms with Crippen molar-refractivity contribution in [3.05, 3.63) is 78.4 Å². The van der Waals surface area contributed by atoms with E-state index < -0.39 is 5.97 Å². The summed E-state index contributed by atoms with van der Waals surface area (Å²) in [5, 5.41) is 11.0. The lowest BCUT2D eigenvalue weighted by molar-refractivity contribution is -0.135. The molecule has 0 radical (unpaired) electrons. The number of carboxylic acid groups (broad SMARTS) is 1. The molecule has 0 spiro atoms. The van der Waals surface area contributed by atoms with Crippen molar-refractivity contribution in [2.24, 2.45) is 0 Å². The van der Waals surface area contributed by atoms with E-state index in [4.69, 9.17) is 0 Å². The number of amides is 1. The molecule has 0 unspecified atom stereocenters. The van der Waals surface area contributed by atoms with Gasteiger partial charge < -0.3 is 5.11 Å². The molecule has 0 aliphatic rings. The monoisotopic (exact) mass is 305 g/mol. The Hall–Kier alpha value is -3.14. The average molecular weight is 305 g/mol. The van der Waals surface area contributed by atoms with Crippen LogP contribution in [0.5, 0.6) is 0 Å². The Morgan fingerprint density at radius 3 is 2.22 bits per heavy atom. The molecule has 114 valence electrons. The first-order valence-corrected chi connectivity index (χ1v) is 7.23. The molecule has 0 aliphatic carbocycles. The maximum Gasteiger partial charge on any atom is 0.323 e. The minimum absolute atomic E-state index is 0.329. The van der Waals surface area contributed by atoms with Crippen LogP contribution in [0.3, 0.4) is 0 Å². The van der Waals surface area contributed by atoms with Crippen LogP contribution in [0.15, 0.2) is 72.8 Å². The molecule has 0 fully saturated rings. The third-order valence-corrected chi connectivity index (χ3v) is 3.62. The van der Waals surface area contributed by atoms with E-state index in [1.807, 2.05) is 42.5 Å². The first-order valence-electron chi connectivity index (χ1n) is 7.23. The third kappa shape index (κ3) is 3.06. The molecule has 23 heavy (non-hydrogen) atoms. The van der Waals surface area contributed by atoms with Crippen molar-refractivity contribution >= 4 is 28.3 Å². The van der Waals surface area contributed by atoms with Gasteiger partial charge in [-0.3, -0.25) is 14.5 Å². The Morgan fingerprint density at radius 1 is 0.826 bits per heavy atom. The van der Waals surface area contributed by atoms with Crippen molar-refractivity contribution in [3.8, 4) is 0 Å². The minimum atomic E-state index is -1.05. The summed E-state index contributed by atoms with van der Waals surface area (Å²) >= 11 is 0. The number of fused-ring (bicyclic) bond motifs is 1. The van der Waals surface area contributed by atoms with E-state index in [9.17, 15) is 14.7 Å². The highest BCUT2D eigenvalue weighted by Gasteiger charge is 2.21. The van der Waals surface area contributed by atoms with Crippen molar-refractivity contribution < 1.29 is 14.7 Å². The molecule has 1 amide bonds. The van der Waals surface area contributed by atoms with Gasteiger partial charge >= 0.3 is 5.97 Å². The molecule has 0 saturated carbocycles. The quantitative estimate of drug-likeness (QED) is 0.801. The second kappa shape index (κ2) is 6.32. The van der Waals surface area contributed by atoms with Gasteiger partial charge in [-0.25, -0.2) is 0 Å². The second-order valence-electron chi connectivity index (χ2n) is 5.15. The molecule has 0 saturated heterocycles. The van der Waals surface area contributed by atoms with E-state index >= 15 is 0 Å². The largest absolute Gasteiger partial charge is 0.480 e. The summed E-state index contributed by atoms with van der Waals surface area (Å²) in [5.41, 5.74) is 1.06. The zero-order valence-corrected chi connectivity index (χ0v) is 12.3. The number of carbonyl (C=O) groups excluding carboxylic acids is 1. The van der Waals surface area contributed by atoms with Crippen LogP contribution in [-0.2, 0) is 4.79 Å². The molecular formula is C19H15NO3. The van der Waals surface area contributed by atoms with E-state index in [-0.39, 0.29) is 12.5 Å². The van der Waals surface area contributed by atoms with Crippen LogP contribution in [-0.4, -0.2) is 23.5 Å². The second-order valence-corrected chi connectivity index (χ2v) is 5.15. The molecule has 3 rings (SSSR count). The number of carbonyl (C=O) groups is 2. The van der Waals surface area contributed by atoms with Gasteiger partial charge in [0.05, 0.1) is 5.69 Å². The zero-order chi connectivity index (χ0) is 16.2. The Labute approximate surface area is 133 Å². The standard InChI is InChI=1S/C19H15NO3/c21-18(22)13-20(19(23)15-8-2-1-3-9-15)17-12-6-10-14-7-4-5-11-16(14)17/h1-12H,13H2,(H,21,22). The van der Waals surface area contributed by atoms with Crippen molar-refractivity contribution in [2.75, 3.05) is 11.4 Å². The number of aliphatic carboxylic acids is 1. The molecular weight excluding hydrogens is 290 g/mol. The molecule has 3 aromatic rings. The van der Waals surface area contributed by atoms with Gasteiger partial charge in [0.1, 0.15) is 6.54 Å². The third-order valence-electron chi connectivity index (χ3n) is 3.62. The Bertz CT molecular complexity index is 853. The summed E-state index contributed by atoms with van der Waals surface area (Å²) in [5.74, 6) is -1.38. The fraction of sp³-hybridized carbons (Fsp3) is 0.0526. The van der Waals surface area contributed by atoms with E-state index in [0.29, 0.717) is 11.3 Å². The summed E-state index contributed by atoms with van der Waals surface area (Å²) in [6, 6.07) is 21.8. The number of hydrogen-bond donors (Lipinski definition) is 1. The van der Waals surface area contributed by atoms with Crippen molar-refractivity contribution in [1.29, 1.82) is 0 Å². The molecule has 1 N–H and O–H groups in total. The van der Waals surface area contributed by atoms with E-state index in [0.717, 1.165) is 10.8 Å². The van der Waals surface area contributed by atoms with Gasteiger partial charge in [0, 0.05) is 10.9 Å². The highest BCUT2D eigenvalue weighted by atomic mass is 16.4. The lowest BCUT2D eigenvalue weighted by atomic mass is 10.1. The van der Waals surface area contributed by atoms with Crippen LogP contribution < -0.4 is 4.90 Å². The molecule has 3 aromatic carbocycles. The maximum absolute atomic E-state index is 12.8. The number of hydrogen-bond acceptors (Lipinski definition) is 2. The molecule has 4 heteroatoms. The van der Waals surface area contributed by atoms with Crippen LogP contribution in [0.4, 0.5) is 5.69 Å². The molecule has 4 nitrogen and oxygen atoms in total. The van der Waals surface area contributed by atoms with Crippen molar-refractivity contribution in [3.63, 3.8) is 0 Å². The Kier molecular flexibility index (Phi) is 4.06. The summed E-state index contributed by atoms with van der Waals surface area (Å²) in [6.07, 6.45) is 0. The van der Waals surface area contributed by atoms with Crippen molar-refractivity contribution in [1.82, 2.24) is 0 Å². The van der Waals surface area contributed by atoms with E-state index in [2.05, 4.69) is 0 Å². The number of benzene rings is 3. The van der Waals surface area contributed by atoms with Gasteiger partial charge in [-0.05, 0) is 23.6 Å². The van der Waals surface area contributed by atoms with Crippen LogP contribution >= 0.6 is 0 Å². The van der Waals surface area contributed by atoms with Gasteiger partial charge in [0.25, 0.3) is 5.91 Å². The number of rotatable bonds is 4. The van der Waals surface area contributed by atoms with Gasteiger partial charge in [-0.2, -0.15) is 0 Å². The molecule has 0 heterocycles. The first kappa shape index (κ1) is 14.8. The van der Waals surface area contributed by atoms with Crippen LogP contribution in [0.25, 0.3) is 10.8 Å². The van der Waals surface area contributed by atoms with Gasteiger partial charge in [-0.1, -0.05) is 54.6 Å². The lowest BCUT2D eigenvalue weighted by Crippen LogP contribution is -2.35. The van der Waals surface area contributed by atoms with Gasteiger partial charge in [0.2, 0.25) is 0 Å². The highest BCUT2D eigenvalue weighted by Crippen LogP contribution is 2.27. The SMILES string of the molecule is O=C(O)CN(C(=O)c1ccccc1)c1cccc2ccccc12. The average Bonchev–Trinajstić information content (AvgIpc) is 2.59. The topological polar surface area (TPSA) is 57.6 Å². The first-order chi connectivity index (χ1) is 11.2. The summed E-state index contributed by atoms with van der Waals surface area (Å²) in [7, 11) is 0.